The Balaban J connectivity index is 2.59. The van der Waals surface area contributed by atoms with Crippen molar-refractivity contribution < 1.29 is 24.0 Å². The maximum atomic E-state index is 13.7. The quantitative estimate of drug-likeness (QED) is 0.661. The second kappa shape index (κ2) is 5.88. The van der Waals surface area contributed by atoms with Gasteiger partial charge in [-0.2, -0.15) is 0 Å². The largest absolute Gasteiger partial charge is 0.478 e. The molecule has 108 valence electrons. The second-order valence-corrected chi connectivity index (χ2v) is 4.81. The lowest BCUT2D eigenvalue weighted by Gasteiger charge is -2.10. The van der Waals surface area contributed by atoms with Gasteiger partial charge in [0, 0.05) is 10.5 Å². The molecule has 8 heteroatoms. The van der Waals surface area contributed by atoms with Crippen LogP contribution in [0.25, 0.3) is 0 Å². The van der Waals surface area contributed by atoms with Gasteiger partial charge in [-0.3, -0.25) is 10.1 Å². The number of hydrogen-bond donors (Lipinski definition) is 1. The summed E-state index contributed by atoms with van der Waals surface area (Å²) in [7, 11) is 0. The van der Waals surface area contributed by atoms with E-state index < -0.39 is 33.7 Å². The third kappa shape index (κ3) is 3.16. The molecular formula is C13H7BrFNO5. The fraction of sp³-hybridized carbons (Fsp3) is 0. The molecular weight excluding hydrogens is 349 g/mol. The van der Waals surface area contributed by atoms with Gasteiger partial charge in [-0.05, 0) is 24.3 Å². The van der Waals surface area contributed by atoms with Crippen molar-refractivity contribution >= 4 is 27.6 Å². The summed E-state index contributed by atoms with van der Waals surface area (Å²) >= 11 is 3.11. The lowest BCUT2D eigenvalue weighted by atomic mass is 10.1. The first kappa shape index (κ1) is 14.9. The standard InChI is InChI=1S/C13H7BrFNO5/c14-7-4-5-9(15)11(6-7)21-12-8(13(17)18)2-1-3-10(12)16(19)20/h1-6H,(H,17,18). The van der Waals surface area contributed by atoms with Gasteiger partial charge in [-0.1, -0.05) is 22.0 Å². The van der Waals surface area contributed by atoms with Crippen LogP contribution in [0.5, 0.6) is 11.5 Å². The third-order valence-electron chi connectivity index (χ3n) is 2.53. The molecule has 0 aromatic heterocycles. The first-order valence-corrected chi connectivity index (χ1v) is 6.33. The lowest BCUT2D eigenvalue weighted by molar-refractivity contribution is -0.385. The van der Waals surface area contributed by atoms with Crippen molar-refractivity contribution in [2.75, 3.05) is 0 Å². The number of halogens is 2. The highest BCUT2D eigenvalue weighted by Gasteiger charge is 2.24. The van der Waals surface area contributed by atoms with Gasteiger partial charge in [-0.25, -0.2) is 9.18 Å². The van der Waals surface area contributed by atoms with Crippen LogP contribution in [0.3, 0.4) is 0 Å². The van der Waals surface area contributed by atoms with Gasteiger partial charge < -0.3 is 9.84 Å². The molecule has 0 amide bonds. The van der Waals surface area contributed by atoms with E-state index in [0.29, 0.717) is 4.47 Å². The highest BCUT2D eigenvalue weighted by molar-refractivity contribution is 9.10. The zero-order valence-corrected chi connectivity index (χ0v) is 11.8. The van der Waals surface area contributed by atoms with E-state index in [4.69, 9.17) is 9.84 Å². The Morgan fingerprint density at radius 1 is 1.33 bits per heavy atom. The summed E-state index contributed by atoms with van der Waals surface area (Å²) < 4.78 is 19.3. The van der Waals surface area contributed by atoms with Crippen molar-refractivity contribution in [2.24, 2.45) is 0 Å². The van der Waals surface area contributed by atoms with Gasteiger partial charge in [0.1, 0.15) is 5.56 Å². The number of hydrogen-bond acceptors (Lipinski definition) is 4. The van der Waals surface area contributed by atoms with E-state index in [2.05, 4.69) is 15.9 Å². The molecule has 1 N–H and O–H groups in total. The van der Waals surface area contributed by atoms with Crippen LogP contribution < -0.4 is 4.74 Å². The minimum Gasteiger partial charge on any atom is -0.478 e. The Morgan fingerprint density at radius 2 is 2.05 bits per heavy atom. The van der Waals surface area contributed by atoms with Gasteiger partial charge in [0.25, 0.3) is 0 Å². The number of carbonyl (C=O) groups is 1. The summed E-state index contributed by atoms with van der Waals surface area (Å²) in [5.74, 6) is -3.02. The topological polar surface area (TPSA) is 89.7 Å². The Kier molecular flexibility index (Phi) is 4.18. The van der Waals surface area contributed by atoms with Crippen molar-refractivity contribution in [2.45, 2.75) is 0 Å². The predicted octanol–water partition coefficient (Wildman–Crippen LogP) is 3.99. The molecule has 0 heterocycles. The molecule has 0 aliphatic heterocycles. The molecule has 0 radical (unpaired) electrons. The van der Waals surface area contributed by atoms with E-state index in [0.717, 1.165) is 18.2 Å². The summed E-state index contributed by atoms with van der Waals surface area (Å²) in [6.07, 6.45) is 0. The summed E-state index contributed by atoms with van der Waals surface area (Å²) in [6.45, 7) is 0. The van der Waals surface area contributed by atoms with E-state index >= 15 is 0 Å². The van der Waals surface area contributed by atoms with Crippen molar-refractivity contribution in [3.05, 3.63) is 62.4 Å². The SMILES string of the molecule is O=C(O)c1cccc([N+](=O)[O-])c1Oc1cc(Br)ccc1F. The van der Waals surface area contributed by atoms with Crippen LogP contribution in [0.15, 0.2) is 40.9 Å². The van der Waals surface area contributed by atoms with Crippen LogP contribution in [-0.2, 0) is 0 Å². The van der Waals surface area contributed by atoms with E-state index in [-0.39, 0.29) is 5.75 Å². The highest BCUT2D eigenvalue weighted by atomic mass is 79.9. The monoisotopic (exact) mass is 355 g/mol. The van der Waals surface area contributed by atoms with Gasteiger partial charge in [0.15, 0.2) is 11.6 Å². The van der Waals surface area contributed by atoms with Crippen LogP contribution in [0, 0.1) is 15.9 Å². The normalized spacial score (nSPS) is 10.2. The van der Waals surface area contributed by atoms with Crippen molar-refractivity contribution in [1.82, 2.24) is 0 Å². The zero-order chi connectivity index (χ0) is 15.6. The van der Waals surface area contributed by atoms with E-state index in [1.54, 1.807) is 0 Å². The van der Waals surface area contributed by atoms with Gasteiger partial charge in [0.2, 0.25) is 5.75 Å². The third-order valence-corrected chi connectivity index (χ3v) is 3.02. The number of benzene rings is 2. The molecule has 0 saturated carbocycles. The minimum absolute atomic E-state index is 0.318. The van der Waals surface area contributed by atoms with Crippen LogP contribution in [0.2, 0.25) is 0 Å². The Morgan fingerprint density at radius 3 is 2.67 bits per heavy atom. The number of nitro benzene ring substituents is 1. The average molecular weight is 356 g/mol. The predicted molar refractivity (Wildman–Crippen MR) is 74.2 cm³/mol. The molecule has 2 rings (SSSR count). The molecule has 0 fully saturated rings. The fourth-order valence-corrected chi connectivity index (χ4v) is 1.95. The molecule has 2 aromatic carbocycles. The van der Waals surface area contributed by atoms with Gasteiger partial charge in [0.05, 0.1) is 4.92 Å². The van der Waals surface area contributed by atoms with E-state index in [1.165, 1.54) is 18.2 Å². The summed E-state index contributed by atoms with van der Waals surface area (Å²) in [6, 6.07) is 7.19. The molecule has 0 spiro atoms. The zero-order valence-electron chi connectivity index (χ0n) is 10.2. The maximum Gasteiger partial charge on any atom is 0.339 e. The fourth-order valence-electron chi connectivity index (χ4n) is 1.61. The van der Waals surface area contributed by atoms with Crippen molar-refractivity contribution in [3.8, 4) is 11.5 Å². The van der Waals surface area contributed by atoms with E-state index in [1.807, 2.05) is 0 Å². The molecule has 2 aromatic rings. The molecule has 0 saturated heterocycles. The molecule has 6 nitrogen and oxygen atoms in total. The Hall–Kier alpha value is -2.48. The molecule has 0 atom stereocenters. The van der Waals surface area contributed by atoms with Crippen LogP contribution >= 0.6 is 15.9 Å². The number of rotatable bonds is 4. The number of nitrogens with zero attached hydrogens (tertiary/aromatic N) is 1. The second-order valence-electron chi connectivity index (χ2n) is 3.89. The van der Waals surface area contributed by atoms with Gasteiger partial charge in [-0.15, -0.1) is 0 Å². The number of aromatic carboxylic acids is 1. The summed E-state index contributed by atoms with van der Waals surface area (Å²) in [4.78, 5) is 21.3. The Bertz CT molecular complexity index is 702. The summed E-state index contributed by atoms with van der Waals surface area (Å²) in [5, 5.41) is 20.0. The minimum atomic E-state index is -1.41. The maximum absolute atomic E-state index is 13.7. The van der Waals surface area contributed by atoms with Crippen molar-refractivity contribution in [3.63, 3.8) is 0 Å². The Labute approximate surface area is 126 Å². The van der Waals surface area contributed by atoms with Crippen LogP contribution in [0.1, 0.15) is 10.4 Å². The summed E-state index contributed by atoms with van der Waals surface area (Å²) in [5.41, 5.74) is -0.988. The molecule has 0 unspecified atom stereocenters. The van der Waals surface area contributed by atoms with E-state index in [9.17, 15) is 19.3 Å². The first-order valence-electron chi connectivity index (χ1n) is 5.53. The lowest BCUT2D eigenvalue weighted by Crippen LogP contribution is -2.03. The smallest absolute Gasteiger partial charge is 0.339 e. The number of ether oxygens (including phenoxy) is 1. The highest BCUT2D eigenvalue weighted by Crippen LogP contribution is 2.36. The van der Waals surface area contributed by atoms with Crippen LogP contribution in [-0.4, -0.2) is 16.0 Å². The molecule has 21 heavy (non-hydrogen) atoms. The molecule has 0 aliphatic rings. The van der Waals surface area contributed by atoms with Crippen molar-refractivity contribution in [1.29, 1.82) is 0 Å². The van der Waals surface area contributed by atoms with Crippen LogP contribution in [0.4, 0.5) is 10.1 Å². The van der Waals surface area contributed by atoms with Gasteiger partial charge >= 0.3 is 11.7 Å². The average Bonchev–Trinajstić information content (AvgIpc) is 2.42. The number of nitro groups is 1. The number of para-hydroxylation sites is 1. The molecule has 0 bridgehead atoms. The number of carboxylic acids is 1. The first-order chi connectivity index (χ1) is 9.90. The number of carboxylic acid groups (broad SMARTS) is 1. The molecule has 0 aliphatic carbocycles.